The molecule has 4 rings (SSSR count). The molecule has 0 atom stereocenters. The molecule has 0 aromatic heterocycles. The molecule has 0 saturated carbocycles. The molecule has 174 valence electrons. The highest BCUT2D eigenvalue weighted by molar-refractivity contribution is 6.15. The Labute approximate surface area is 198 Å². The largest absolute Gasteiger partial charge is 0.493 e. The Morgan fingerprint density at radius 1 is 0.912 bits per heavy atom. The van der Waals surface area contributed by atoms with Gasteiger partial charge in [-0.1, -0.05) is 12.1 Å². The molecule has 1 aliphatic heterocycles. The third-order valence-corrected chi connectivity index (χ3v) is 5.57. The summed E-state index contributed by atoms with van der Waals surface area (Å²) in [5.41, 5.74) is 3.20. The summed E-state index contributed by atoms with van der Waals surface area (Å²) >= 11 is 0. The van der Waals surface area contributed by atoms with E-state index in [4.69, 9.17) is 18.9 Å². The lowest BCUT2D eigenvalue weighted by Crippen LogP contribution is -2.10. The maximum Gasteiger partial charge on any atom is 0.343 e. The summed E-state index contributed by atoms with van der Waals surface area (Å²) in [6, 6.07) is 15.8. The first-order valence-electron chi connectivity index (χ1n) is 10.6. The predicted octanol–water partition coefficient (Wildman–Crippen LogP) is 4.91. The normalized spacial score (nSPS) is 13.3. The van der Waals surface area contributed by atoms with Crippen LogP contribution in [0.4, 0.5) is 5.69 Å². The molecular weight excluding hydrogens is 434 g/mol. The smallest absolute Gasteiger partial charge is 0.343 e. The van der Waals surface area contributed by atoms with E-state index in [9.17, 15) is 9.59 Å². The highest BCUT2D eigenvalue weighted by Gasteiger charge is 2.30. The van der Waals surface area contributed by atoms with E-state index >= 15 is 0 Å². The number of carbonyl (C=O) groups excluding carboxylic acids is 2. The molecule has 1 heterocycles. The van der Waals surface area contributed by atoms with Gasteiger partial charge in [-0.3, -0.25) is 4.79 Å². The molecule has 0 N–H and O–H groups in total. The van der Waals surface area contributed by atoms with E-state index < -0.39 is 5.97 Å². The number of ketones is 1. The van der Waals surface area contributed by atoms with Crippen LogP contribution in [0.15, 0.2) is 60.4 Å². The van der Waals surface area contributed by atoms with Crippen molar-refractivity contribution in [2.24, 2.45) is 0 Å². The van der Waals surface area contributed by atoms with Gasteiger partial charge in [0.25, 0.3) is 0 Å². The first-order valence-corrected chi connectivity index (χ1v) is 10.6. The number of hydrogen-bond donors (Lipinski definition) is 0. The van der Waals surface area contributed by atoms with Crippen LogP contribution >= 0.6 is 0 Å². The molecule has 3 aromatic rings. The quantitative estimate of drug-likeness (QED) is 0.294. The number of ether oxygens (including phenoxy) is 4. The summed E-state index contributed by atoms with van der Waals surface area (Å²) in [5, 5.41) is 0. The second kappa shape index (κ2) is 9.31. The van der Waals surface area contributed by atoms with Crippen LogP contribution in [0.2, 0.25) is 0 Å². The van der Waals surface area contributed by atoms with Gasteiger partial charge in [0.2, 0.25) is 5.78 Å². The average Bonchev–Trinajstić information content (AvgIpc) is 3.16. The molecule has 7 nitrogen and oxygen atoms in total. The number of nitrogens with zero attached hydrogens (tertiary/aromatic N) is 1. The number of anilines is 1. The van der Waals surface area contributed by atoms with Crippen LogP contribution in [-0.4, -0.2) is 40.1 Å². The Bertz CT molecular complexity index is 1290. The molecule has 3 aromatic carbocycles. The molecule has 0 spiro atoms. The van der Waals surface area contributed by atoms with E-state index in [1.807, 2.05) is 43.3 Å². The van der Waals surface area contributed by atoms with Gasteiger partial charge in [0, 0.05) is 25.3 Å². The zero-order valence-electron chi connectivity index (χ0n) is 19.7. The fraction of sp³-hybridized carbons (Fsp3) is 0.185. The number of allylic oxidation sites excluding steroid dienone is 1. The summed E-state index contributed by atoms with van der Waals surface area (Å²) in [4.78, 5) is 27.6. The van der Waals surface area contributed by atoms with Crippen molar-refractivity contribution < 1.29 is 28.5 Å². The van der Waals surface area contributed by atoms with Crippen molar-refractivity contribution in [2.45, 2.75) is 6.92 Å². The Morgan fingerprint density at radius 3 is 2.24 bits per heavy atom. The van der Waals surface area contributed by atoms with Crippen molar-refractivity contribution in [1.82, 2.24) is 0 Å². The van der Waals surface area contributed by atoms with Gasteiger partial charge in [0.1, 0.15) is 11.5 Å². The fourth-order valence-corrected chi connectivity index (χ4v) is 3.62. The predicted molar refractivity (Wildman–Crippen MR) is 129 cm³/mol. The first-order chi connectivity index (χ1) is 16.3. The number of carbonyl (C=O) groups is 2. The summed E-state index contributed by atoms with van der Waals surface area (Å²) in [6.07, 6.45) is 1.70. The highest BCUT2D eigenvalue weighted by Crippen LogP contribution is 2.39. The van der Waals surface area contributed by atoms with E-state index in [1.165, 1.54) is 14.2 Å². The lowest BCUT2D eigenvalue weighted by molar-refractivity contribution is 0.0732. The molecule has 0 bridgehead atoms. The zero-order chi connectivity index (χ0) is 24.4. The second-order valence-electron chi connectivity index (χ2n) is 7.95. The average molecular weight is 459 g/mol. The lowest BCUT2D eigenvalue weighted by Gasteiger charge is -2.12. The minimum atomic E-state index is -0.565. The lowest BCUT2D eigenvalue weighted by atomic mass is 10.1. The molecule has 7 heteroatoms. The van der Waals surface area contributed by atoms with Crippen molar-refractivity contribution in [1.29, 1.82) is 0 Å². The first kappa shape index (κ1) is 22.9. The third kappa shape index (κ3) is 4.32. The van der Waals surface area contributed by atoms with Gasteiger partial charge in [-0.15, -0.1) is 0 Å². The molecule has 0 aliphatic carbocycles. The van der Waals surface area contributed by atoms with E-state index in [0.29, 0.717) is 39.7 Å². The fourth-order valence-electron chi connectivity index (χ4n) is 3.62. The van der Waals surface area contributed by atoms with Gasteiger partial charge in [0.05, 0.1) is 25.3 Å². The monoisotopic (exact) mass is 459 g/mol. The van der Waals surface area contributed by atoms with Crippen LogP contribution < -0.4 is 23.8 Å². The molecule has 1 aliphatic rings. The maximum absolute atomic E-state index is 12.9. The second-order valence-corrected chi connectivity index (χ2v) is 7.95. The standard InChI is InChI=1S/C27H25NO6/c1-16-21(34-27(30)18-8-12-22(31-4)23(15-18)32-5)13-11-20-25(29)24(33-26(16)20)14-17-6-9-19(10-7-17)28(2)3/h6-15H,1-5H3/b24-14-. The Morgan fingerprint density at radius 2 is 1.59 bits per heavy atom. The molecule has 0 amide bonds. The van der Waals surface area contributed by atoms with Gasteiger partial charge in [-0.05, 0) is 61.0 Å². The summed E-state index contributed by atoms with van der Waals surface area (Å²) in [6.45, 7) is 1.75. The topological polar surface area (TPSA) is 74.3 Å². The SMILES string of the molecule is COc1ccc(C(=O)Oc2ccc3c(c2C)O/C(=C\c2ccc(N(C)C)cc2)C3=O)cc1OC. The van der Waals surface area contributed by atoms with E-state index in [-0.39, 0.29) is 11.5 Å². The van der Waals surface area contributed by atoms with Crippen LogP contribution in [0.3, 0.4) is 0 Å². The molecule has 34 heavy (non-hydrogen) atoms. The van der Waals surface area contributed by atoms with Crippen molar-refractivity contribution in [3.05, 3.63) is 82.6 Å². The van der Waals surface area contributed by atoms with Crippen molar-refractivity contribution in [3.8, 4) is 23.0 Å². The number of Topliss-reactive ketones (excluding diaryl/α,β-unsaturated/α-hetero) is 1. The van der Waals surface area contributed by atoms with Crippen LogP contribution in [-0.2, 0) is 0 Å². The van der Waals surface area contributed by atoms with E-state index in [0.717, 1.165) is 11.3 Å². The Balaban J connectivity index is 1.57. The van der Waals surface area contributed by atoms with Crippen molar-refractivity contribution >= 4 is 23.5 Å². The van der Waals surface area contributed by atoms with Gasteiger partial charge in [-0.2, -0.15) is 0 Å². The van der Waals surface area contributed by atoms with Gasteiger partial charge >= 0.3 is 5.97 Å². The number of benzene rings is 3. The number of hydrogen-bond acceptors (Lipinski definition) is 7. The number of fused-ring (bicyclic) bond motifs is 1. The van der Waals surface area contributed by atoms with Gasteiger partial charge in [-0.25, -0.2) is 4.79 Å². The maximum atomic E-state index is 12.9. The Hall–Kier alpha value is -4.26. The van der Waals surface area contributed by atoms with E-state index in [1.54, 1.807) is 43.3 Å². The summed E-state index contributed by atoms with van der Waals surface area (Å²) < 4.78 is 22.0. The molecular formula is C27H25NO6. The number of esters is 1. The third-order valence-electron chi connectivity index (χ3n) is 5.57. The zero-order valence-corrected chi connectivity index (χ0v) is 19.7. The van der Waals surface area contributed by atoms with Crippen molar-refractivity contribution in [3.63, 3.8) is 0 Å². The molecule has 0 unspecified atom stereocenters. The van der Waals surface area contributed by atoms with Crippen LogP contribution in [0.25, 0.3) is 6.08 Å². The highest BCUT2D eigenvalue weighted by atomic mass is 16.5. The Kier molecular flexibility index (Phi) is 6.27. The summed E-state index contributed by atoms with van der Waals surface area (Å²) in [7, 11) is 6.94. The summed E-state index contributed by atoms with van der Waals surface area (Å²) in [5.74, 6) is 1.07. The van der Waals surface area contributed by atoms with Gasteiger partial charge < -0.3 is 23.8 Å². The number of methoxy groups -OCH3 is 2. The van der Waals surface area contributed by atoms with Crippen molar-refractivity contribution in [2.75, 3.05) is 33.2 Å². The van der Waals surface area contributed by atoms with E-state index in [2.05, 4.69) is 0 Å². The molecule has 0 fully saturated rings. The van der Waals surface area contributed by atoms with Crippen LogP contribution in [0.5, 0.6) is 23.0 Å². The van der Waals surface area contributed by atoms with Crippen LogP contribution in [0.1, 0.15) is 31.8 Å². The molecule has 0 radical (unpaired) electrons. The van der Waals surface area contributed by atoms with Gasteiger partial charge in [0.15, 0.2) is 17.3 Å². The number of rotatable bonds is 6. The minimum absolute atomic E-state index is 0.215. The minimum Gasteiger partial charge on any atom is -0.493 e. The van der Waals surface area contributed by atoms with Crippen LogP contribution in [0, 0.1) is 6.92 Å². The molecule has 0 saturated heterocycles.